The van der Waals surface area contributed by atoms with Crippen molar-refractivity contribution in [1.82, 2.24) is 9.78 Å². The highest BCUT2D eigenvalue weighted by molar-refractivity contribution is 8.13. The van der Waals surface area contributed by atoms with E-state index in [0.717, 1.165) is 16.8 Å². The Morgan fingerprint density at radius 2 is 1.96 bits per heavy atom. The number of amides is 1. The molecule has 0 aliphatic heterocycles. The number of hydrogen-bond acceptors (Lipinski definition) is 8. The standard InChI is InChI=1S/C37H45F2N3O6S/c1-6-31(45)48-37(33(47)49-19-38)21(3)13-27-26-11-10-24-15-28-23(16-34(24,4)36(26,39)30(44)17-35(27,37)5)18-41-42(28)25-9-7-8-22(14-25)29(43)12-20(2)32(40)46/h7-9,14-15,18,20-21,26-27,30,44H,6,10-13,16-17,19H2,1-5H3,(H2,40,46)/t20-,21-,26+,27+,30+,34+,35+,36+,37+/m1/s1. The molecular formula is C37H45F2N3O6S. The summed E-state index contributed by atoms with van der Waals surface area (Å²) < 4.78 is 39.6. The van der Waals surface area contributed by atoms with Crippen LogP contribution in [0.5, 0.6) is 0 Å². The first-order valence-electron chi connectivity index (χ1n) is 17.1. The summed E-state index contributed by atoms with van der Waals surface area (Å²) in [7, 11) is 0. The monoisotopic (exact) mass is 697 g/mol. The molecule has 3 N–H and O–H groups in total. The van der Waals surface area contributed by atoms with Gasteiger partial charge >= 0.3 is 5.97 Å². The number of alkyl halides is 2. The van der Waals surface area contributed by atoms with Crippen LogP contribution < -0.4 is 5.73 Å². The lowest BCUT2D eigenvalue weighted by atomic mass is 9.44. The van der Waals surface area contributed by atoms with Gasteiger partial charge in [0.15, 0.2) is 11.4 Å². The molecule has 4 aliphatic carbocycles. The highest BCUT2D eigenvalue weighted by Gasteiger charge is 2.77. The second-order valence-corrected chi connectivity index (χ2v) is 15.9. The lowest BCUT2D eigenvalue weighted by Crippen LogP contribution is -2.70. The first kappa shape index (κ1) is 35.4. The number of ether oxygens (including phenoxy) is 1. The van der Waals surface area contributed by atoms with Gasteiger partial charge in [0.25, 0.3) is 0 Å². The molecule has 3 fully saturated rings. The van der Waals surface area contributed by atoms with E-state index in [4.69, 9.17) is 10.5 Å². The number of allylic oxidation sites excluding steroid dienone is 1. The Bertz CT molecular complexity index is 1750. The molecule has 3 saturated carbocycles. The van der Waals surface area contributed by atoms with Crippen LogP contribution in [0.2, 0.25) is 0 Å². The number of aliphatic hydroxyl groups is 1. The Morgan fingerprint density at radius 1 is 1.22 bits per heavy atom. The second-order valence-electron chi connectivity index (χ2n) is 15.0. The third-order valence-corrected chi connectivity index (χ3v) is 13.2. The first-order valence-corrected chi connectivity index (χ1v) is 18.1. The minimum Gasteiger partial charge on any atom is -0.449 e. The lowest BCUT2D eigenvalue weighted by Gasteiger charge is -2.63. The molecule has 0 radical (unpaired) electrons. The van der Waals surface area contributed by atoms with Crippen LogP contribution in [0.3, 0.4) is 0 Å². The fraction of sp³-hybridized carbons (Fsp3) is 0.595. The van der Waals surface area contributed by atoms with Gasteiger partial charge < -0.3 is 15.6 Å². The van der Waals surface area contributed by atoms with E-state index in [1.165, 1.54) is 0 Å². The number of aliphatic hydroxyl groups excluding tert-OH is 1. The summed E-state index contributed by atoms with van der Waals surface area (Å²) in [4.78, 5) is 51.0. The van der Waals surface area contributed by atoms with Crippen LogP contribution in [0, 0.1) is 34.5 Å². The quantitative estimate of drug-likeness (QED) is 0.243. The highest BCUT2D eigenvalue weighted by atomic mass is 32.2. The Hall–Kier alpha value is -3.38. The maximum absolute atomic E-state index is 18.3. The molecule has 49 heavy (non-hydrogen) atoms. The van der Waals surface area contributed by atoms with Gasteiger partial charge in [-0.15, -0.1) is 0 Å². The van der Waals surface area contributed by atoms with Crippen molar-refractivity contribution in [2.75, 3.05) is 6.01 Å². The molecule has 0 saturated heterocycles. The van der Waals surface area contributed by atoms with Gasteiger partial charge in [-0.05, 0) is 73.6 Å². The normalized spacial score (nSPS) is 35.2. The molecule has 12 heteroatoms. The number of fused-ring (bicyclic) bond motifs is 6. The summed E-state index contributed by atoms with van der Waals surface area (Å²) in [6, 6.07) is 6.00. The second kappa shape index (κ2) is 12.4. The van der Waals surface area contributed by atoms with Crippen LogP contribution in [0.1, 0.15) is 94.8 Å². The number of primary amides is 1. The molecule has 9 nitrogen and oxygen atoms in total. The van der Waals surface area contributed by atoms with E-state index in [2.05, 4.69) is 5.10 Å². The zero-order chi connectivity index (χ0) is 35.7. The third-order valence-electron chi connectivity index (χ3n) is 12.6. The summed E-state index contributed by atoms with van der Waals surface area (Å²) in [5.74, 6) is -3.47. The number of aromatic nitrogens is 2. The van der Waals surface area contributed by atoms with Gasteiger partial charge in [-0.2, -0.15) is 5.10 Å². The minimum absolute atomic E-state index is 0.00962. The summed E-state index contributed by atoms with van der Waals surface area (Å²) in [6.45, 7) is 8.73. The fourth-order valence-corrected chi connectivity index (χ4v) is 10.8. The summed E-state index contributed by atoms with van der Waals surface area (Å²) in [6.07, 6.45) is 3.71. The van der Waals surface area contributed by atoms with Gasteiger partial charge in [0.05, 0.1) is 23.7 Å². The van der Waals surface area contributed by atoms with Gasteiger partial charge in [0.2, 0.25) is 11.0 Å². The largest absolute Gasteiger partial charge is 0.449 e. The Morgan fingerprint density at radius 3 is 2.63 bits per heavy atom. The van der Waals surface area contributed by atoms with Crippen molar-refractivity contribution in [1.29, 1.82) is 0 Å². The van der Waals surface area contributed by atoms with E-state index in [1.807, 2.05) is 32.9 Å². The number of esters is 1. The maximum atomic E-state index is 18.3. The van der Waals surface area contributed by atoms with Crippen molar-refractivity contribution in [2.24, 2.45) is 40.2 Å². The molecular weight excluding hydrogens is 652 g/mol. The molecule has 0 spiro atoms. The zero-order valence-corrected chi connectivity index (χ0v) is 29.4. The van der Waals surface area contributed by atoms with Crippen molar-refractivity contribution in [3.05, 3.63) is 52.9 Å². The molecule has 0 bridgehead atoms. The van der Waals surface area contributed by atoms with Crippen LogP contribution in [0.25, 0.3) is 11.8 Å². The lowest BCUT2D eigenvalue weighted by molar-refractivity contribution is -0.231. The van der Waals surface area contributed by atoms with Crippen LogP contribution in [0.4, 0.5) is 8.78 Å². The number of ketones is 1. The van der Waals surface area contributed by atoms with Crippen LogP contribution in [-0.4, -0.2) is 61.0 Å². The predicted molar refractivity (Wildman–Crippen MR) is 181 cm³/mol. The molecule has 0 unspecified atom stereocenters. The smallest absolute Gasteiger partial charge is 0.306 e. The number of Topliss-reactive ketones (excluding diaryl/α,β-unsaturated/α-hetero) is 1. The van der Waals surface area contributed by atoms with Crippen molar-refractivity contribution in [3.8, 4) is 5.69 Å². The van der Waals surface area contributed by atoms with Gasteiger partial charge in [-0.1, -0.05) is 52.3 Å². The number of halogens is 2. The number of benzene rings is 1. The molecule has 264 valence electrons. The van der Waals surface area contributed by atoms with Crippen molar-refractivity contribution >= 4 is 40.6 Å². The van der Waals surface area contributed by atoms with Crippen molar-refractivity contribution < 1.29 is 37.8 Å². The van der Waals surface area contributed by atoms with Gasteiger partial charge in [-0.25, -0.2) is 13.5 Å². The molecule has 4 aliphatic rings. The van der Waals surface area contributed by atoms with E-state index >= 15 is 4.39 Å². The molecule has 1 heterocycles. The predicted octanol–water partition coefficient (Wildman–Crippen LogP) is 5.94. The number of carbonyl (C=O) groups is 4. The summed E-state index contributed by atoms with van der Waals surface area (Å²) >= 11 is 0.470. The number of nitrogens with zero attached hydrogens (tertiary/aromatic N) is 2. The Labute approximate surface area is 289 Å². The molecule has 9 atom stereocenters. The van der Waals surface area contributed by atoms with Crippen molar-refractivity contribution in [2.45, 2.75) is 96.9 Å². The topological polar surface area (TPSA) is 142 Å². The number of thioether (sulfide) groups is 1. The Balaban J connectivity index is 1.35. The SMILES string of the molecule is CCC(=O)O[C@]1(C(=O)SCF)[C@H](C)C[C@H]2[C@@H]3CCC4=Cc5c(cnn5-c5cccc(C(=O)C[C@@H](C)C(N)=O)c5)C[C@]4(C)[C@@]3(F)[C@@H](O)C[C@@]21C. The summed E-state index contributed by atoms with van der Waals surface area (Å²) in [5, 5.41) is 16.1. The van der Waals surface area contributed by atoms with E-state index in [0.29, 0.717) is 42.3 Å². The summed E-state index contributed by atoms with van der Waals surface area (Å²) in [5.41, 5.74) is 2.91. The average Bonchev–Trinajstić information content (AvgIpc) is 3.56. The van der Waals surface area contributed by atoms with E-state index in [9.17, 15) is 28.7 Å². The van der Waals surface area contributed by atoms with Gasteiger partial charge in [-0.3, -0.25) is 19.2 Å². The maximum Gasteiger partial charge on any atom is 0.306 e. The van der Waals surface area contributed by atoms with Crippen LogP contribution >= 0.6 is 11.8 Å². The highest BCUT2D eigenvalue weighted by Crippen LogP contribution is 2.72. The van der Waals surface area contributed by atoms with Crippen LogP contribution in [-0.2, 0) is 25.5 Å². The third kappa shape index (κ3) is 5.06. The van der Waals surface area contributed by atoms with Gasteiger partial charge in [0.1, 0.15) is 11.7 Å². The number of nitrogens with two attached hydrogens (primary N) is 1. The zero-order valence-electron chi connectivity index (χ0n) is 28.6. The van der Waals surface area contributed by atoms with Gasteiger partial charge in [0, 0.05) is 47.0 Å². The average molecular weight is 698 g/mol. The molecule has 6 rings (SSSR count). The molecule has 1 aromatic heterocycles. The van der Waals surface area contributed by atoms with E-state index < -0.39 is 74.9 Å². The first-order chi connectivity index (χ1) is 23.1. The fourth-order valence-electron chi connectivity index (χ4n) is 9.99. The van der Waals surface area contributed by atoms with E-state index in [1.54, 1.807) is 42.9 Å². The Kier molecular flexibility index (Phi) is 9.00. The van der Waals surface area contributed by atoms with Crippen molar-refractivity contribution in [3.63, 3.8) is 0 Å². The minimum atomic E-state index is -2.06. The van der Waals surface area contributed by atoms with E-state index in [-0.39, 0.29) is 31.5 Å². The molecule has 2 aromatic rings. The number of hydrogen-bond donors (Lipinski definition) is 2. The number of carbonyl (C=O) groups excluding carboxylic acids is 4. The molecule has 1 aromatic carbocycles. The van der Waals surface area contributed by atoms with Crippen LogP contribution in [0.15, 0.2) is 36.0 Å². The number of rotatable bonds is 9. The molecule has 1 amide bonds.